The van der Waals surface area contributed by atoms with Crippen molar-refractivity contribution in [3.8, 4) is 11.8 Å². The smallest absolute Gasteiger partial charge is 0.478 e. The monoisotopic (exact) mass is 468 g/mol. The molecule has 8 nitrogen and oxygen atoms in total. The number of rotatable bonds is 6. The number of ether oxygens (including phenoxy) is 2. The zero-order valence-corrected chi connectivity index (χ0v) is 19.5. The maximum absolute atomic E-state index is 15.1. The van der Waals surface area contributed by atoms with Crippen molar-refractivity contribution in [1.82, 2.24) is 9.55 Å². The van der Waals surface area contributed by atoms with Crippen LogP contribution in [0.5, 0.6) is 11.8 Å². The molecule has 178 valence electrons. The Morgan fingerprint density at radius 1 is 1.21 bits per heavy atom. The maximum Gasteiger partial charge on any atom is 0.494 e. The molecule has 0 unspecified atom stereocenters. The Morgan fingerprint density at radius 2 is 1.91 bits per heavy atom. The van der Waals surface area contributed by atoms with E-state index < -0.39 is 30.1 Å². The molecule has 2 saturated heterocycles. The summed E-state index contributed by atoms with van der Waals surface area (Å²) in [6, 6.07) is 9.34. The number of imidazole rings is 1. The summed E-state index contributed by atoms with van der Waals surface area (Å²) in [6.45, 7) is 8.84. The average Bonchev–Trinajstić information content (AvgIpc) is 3.18. The molecule has 34 heavy (non-hydrogen) atoms. The van der Waals surface area contributed by atoms with Crippen molar-refractivity contribution in [3.05, 3.63) is 47.8 Å². The van der Waals surface area contributed by atoms with Gasteiger partial charge in [-0.1, -0.05) is 6.07 Å². The molecule has 10 heteroatoms. The molecule has 2 aromatic carbocycles. The summed E-state index contributed by atoms with van der Waals surface area (Å²) in [4.78, 5) is 15.9. The number of fused-ring (bicyclic) bond motifs is 1. The van der Waals surface area contributed by atoms with Crippen LogP contribution in [0.1, 0.15) is 44.5 Å². The number of aromatic carboxylic acids is 1. The number of carboxylic acids is 1. The molecule has 2 aliphatic heterocycles. The Bertz CT molecular complexity index is 1250. The zero-order valence-electron chi connectivity index (χ0n) is 19.5. The number of carboxylic acid groups (broad SMARTS) is 1. The Hall–Kier alpha value is -2.95. The Labute approximate surface area is 196 Å². The lowest BCUT2D eigenvalue weighted by atomic mass is 9.79. The summed E-state index contributed by atoms with van der Waals surface area (Å²) in [5.41, 5.74) is 0.742. The highest BCUT2D eigenvalue weighted by molar-refractivity contribution is 6.62. The first-order chi connectivity index (χ1) is 16.0. The van der Waals surface area contributed by atoms with E-state index in [-0.39, 0.29) is 23.4 Å². The number of aromatic nitrogens is 2. The van der Waals surface area contributed by atoms with E-state index in [9.17, 15) is 9.90 Å². The highest BCUT2D eigenvalue weighted by atomic mass is 19.1. The van der Waals surface area contributed by atoms with E-state index in [0.717, 1.165) is 6.42 Å². The largest absolute Gasteiger partial charge is 0.494 e. The van der Waals surface area contributed by atoms with Gasteiger partial charge in [0.25, 0.3) is 0 Å². The van der Waals surface area contributed by atoms with Crippen molar-refractivity contribution < 1.29 is 33.1 Å². The molecule has 0 bridgehead atoms. The van der Waals surface area contributed by atoms with Gasteiger partial charge in [0, 0.05) is 6.61 Å². The van der Waals surface area contributed by atoms with Gasteiger partial charge in [-0.2, -0.15) is 4.98 Å². The highest BCUT2D eigenvalue weighted by Crippen LogP contribution is 2.37. The molecular weight excluding hydrogens is 442 g/mol. The second-order valence-electron chi connectivity index (χ2n) is 9.68. The summed E-state index contributed by atoms with van der Waals surface area (Å²) < 4.78 is 40.3. The van der Waals surface area contributed by atoms with Crippen LogP contribution in [0.25, 0.3) is 11.0 Å². The third-order valence-corrected chi connectivity index (χ3v) is 6.82. The molecule has 0 spiro atoms. The van der Waals surface area contributed by atoms with Gasteiger partial charge < -0.3 is 23.9 Å². The van der Waals surface area contributed by atoms with Crippen molar-refractivity contribution in [3.63, 3.8) is 0 Å². The van der Waals surface area contributed by atoms with Gasteiger partial charge in [0.05, 0.1) is 40.4 Å². The Kier molecular flexibility index (Phi) is 5.42. The SMILES string of the molecule is CC1(C)OB(c2ccc(Oc3nc4ccc(C(=O)O)cc4n3C[C@@H]3CCO3)c(F)c2)OC1(C)C. The zero-order chi connectivity index (χ0) is 24.3. The van der Waals surface area contributed by atoms with Gasteiger partial charge in [0.15, 0.2) is 11.6 Å². The normalized spacial score (nSPS) is 21.0. The number of hydrogen-bond acceptors (Lipinski definition) is 6. The Balaban J connectivity index is 1.45. The molecular formula is C24H26BFN2O6. The second kappa shape index (κ2) is 8.07. The summed E-state index contributed by atoms with van der Waals surface area (Å²) >= 11 is 0. The quantitative estimate of drug-likeness (QED) is 0.551. The molecule has 3 heterocycles. The van der Waals surface area contributed by atoms with E-state index in [1.54, 1.807) is 16.7 Å². The van der Waals surface area contributed by atoms with Crippen LogP contribution in [-0.4, -0.2) is 51.7 Å². The van der Waals surface area contributed by atoms with Crippen LogP contribution in [0.2, 0.25) is 0 Å². The van der Waals surface area contributed by atoms with Crippen molar-refractivity contribution in [2.24, 2.45) is 0 Å². The van der Waals surface area contributed by atoms with E-state index in [2.05, 4.69) is 4.98 Å². The van der Waals surface area contributed by atoms with E-state index in [0.29, 0.717) is 29.6 Å². The Morgan fingerprint density at radius 3 is 2.50 bits per heavy atom. The van der Waals surface area contributed by atoms with Crippen molar-refractivity contribution in [1.29, 1.82) is 0 Å². The summed E-state index contributed by atoms with van der Waals surface area (Å²) in [5, 5.41) is 9.38. The summed E-state index contributed by atoms with van der Waals surface area (Å²) in [6.07, 6.45) is 0.832. The molecule has 0 saturated carbocycles. The first-order valence-corrected chi connectivity index (χ1v) is 11.2. The van der Waals surface area contributed by atoms with Crippen LogP contribution in [0.4, 0.5) is 4.39 Å². The van der Waals surface area contributed by atoms with Crippen molar-refractivity contribution in [2.75, 3.05) is 6.61 Å². The van der Waals surface area contributed by atoms with Crippen LogP contribution >= 0.6 is 0 Å². The fourth-order valence-electron chi connectivity index (χ4n) is 3.94. The molecule has 5 rings (SSSR count). The van der Waals surface area contributed by atoms with Crippen LogP contribution in [-0.2, 0) is 20.6 Å². The van der Waals surface area contributed by atoms with Gasteiger partial charge in [0.1, 0.15) is 0 Å². The number of benzene rings is 2. The summed E-state index contributed by atoms with van der Waals surface area (Å²) in [5.74, 6) is -1.64. The van der Waals surface area contributed by atoms with Gasteiger partial charge in [-0.25, -0.2) is 9.18 Å². The standard InChI is InChI=1S/C24H26BFN2O6/c1-23(2)24(3,4)34-25(33-23)15-6-8-20(17(26)12-15)32-22-27-18-7-5-14(21(29)30)11-19(18)28(22)13-16-9-10-31-16/h5-8,11-12,16H,9-10,13H2,1-4H3,(H,29,30)/t16-/m0/s1. The van der Waals surface area contributed by atoms with Crippen molar-refractivity contribution in [2.45, 2.75) is 58.0 Å². The minimum Gasteiger partial charge on any atom is -0.478 e. The van der Waals surface area contributed by atoms with Crippen molar-refractivity contribution >= 4 is 29.6 Å². The molecule has 1 aromatic heterocycles. The third-order valence-electron chi connectivity index (χ3n) is 6.82. The van der Waals surface area contributed by atoms with Crippen LogP contribution in [0.3, 0.4) is 0 Å². The molecule has 0 aliphatic carbocycles. The third kappa shape index (κ3) is 3.95. The van der Waals surface area contributed by atoms with E-state index in [4.69, 9.17) is 18.8 Å². The fourth-order valence-corrected chi connectivity index (χ4v) is 3.94. The van der Waals surface area contributed by atoms with Gasteiger partial charge in [-0.3, -0.25) is 4.57 Å². The first kappa shape index (κ1) is 22.8. The molecule has 2 fully saturated rings. The maximum atomic E-state index is 15.1. The minimum absolute atomic E-state index is 0.00944. The average molecular weight is 468 g/mol. The van der Waals surface area contributed by atoms with Crippen LogP contribution < -0.4 is 10.2 Å². The van der Waals surface area contributed by atoms with Crippen LogP contribution in [0, 0.1) is 5.82 Å². The predicted molar refractivity (Wildman–Crippen MR) is 123 cm³/mol. The van der Waals surface area contributed by atoms with Gasteiger partial charge >= 0.3 is 19.1 Å². The number of halogens is 1. The van der Waals surface area contributed by atoms with Crippen LogP contribution in [0.15, 0.2) is 36.4 Å². The minimum atomic E-state index is -1.04. The topological polar surface area (TPSA) is 92.0 Å². The number of carbonyl (C=O) groups is 1. The molecule has 2 aliphatic rings. The van der Waals surface area contributed by atoms with Gasteiger partial charge in [0.2, 0.25) is 0 Å². The molecule has 3 aromatic rings. The number of hydrogen-bond donors (Lipinski definition) is 1. The second-order valence-corrected chi connectivity index (χ2v) is 9.68. The highest BCUT2D eigenvalue weighted by Gasteiger charge is 2.51. The van der Waals surface area contributed by atoms with Gasteiger partial charge in [-0.15, -0.1) is 0 Å². The molecule has 1 N–H and O–H groups in total. The molecule has 0 radical (unpaired) electrons. The van der Waals surface area contributed by atoms with E-state index >= 15 is 4.39 Å². The van der Waals surface area contributed by atoms with E-state index in [1.807, 2.05) is 27.7 Å². The fraction of sp³-hybridized carbons (Fsp3) is 0.417. The number of nitrogens with zero attached hydrogens (tertiary/aromatic N) is 2. The molecule has 1 atom stereocenters. The molecule has 0 amide bonds. The summed E-state index contributed by atoms with van der Waals surface area (Å²) in [7, 11) is -0.691. The lowest BCUT2D eigenvalue weighted by Gasteiger charge is -2.32. The van der Waals surface area contributed by atoms with Gasteiger partial charge in [-0.05, 0) is 69.9 Å². The first-order valence-electron chi connectivity index (χ1n) is 11.2. The predicted octanol–water partition coefficient (Wildman–Crippen LogP) is 3.75. The lowest BCUT2D eigenvalue weighted by Crippen LogP contribution is -2.41. The van der Waals surface area contributed by atoms with E-state index in [1.165, 1.54) is 24.3 Å². The lowest BCUT2D eigenvalue weighted by molar-refractivity contribution is -0.0593.